The molecule has 2 aliphatic rings. The lowest BCUT2D eigenvalue weighted by molar-refractivity contribution is -0.126. The molecule has 3 heterocycles. The van der Waals surface area contributed by atoms with Crippen LogP contribution in [0.3, 0.4) is 0 Å². The molecular formula is C25H38N6O4. The first kappa shape index (κ1) is 25.4. The average Bonchev–Trinajstić information content (AvgIpc) is 3.35. The van der Waals surface area contributed by atoms with Gasteiger partial charge in [-0.05, 0) is 57.6 Å². The second-order valence-electron chi connectivity index (χ2n) is 9.45. The molecule has 192 valence electrons. The summed E-state index contributed by atoms with van der Waals surface area (Å²) in [6, 6.07) is 5.53. The van der Waals surface area contributed by atoms with Crippen LogP contribution in [0.25, 0.3) is 11.4 Å². The van der Waals surface area contributed by atoms with Crippen LogP contribution in [0, 0.1) is 5.92 Å². The third kappa shape index (κ3) is 6.93. The van der Waals surface area contributed by atoms with Crippen LogP contribution in [0.15, 0.2) is 22.7 Å². The molecule has 1 atom stereocenters. The number of methoxy groups -OCH3 is 2. The molecule has 0 spiro atoms. The summed E-state index contributed by atoms with van der Waals surface area (Å²) in [6.45, 7) is 8.43. The first-order valence-electron chi connectivity index (χ1n) is 12.5. The predicted octanol–water partition coefficient (Wildman–Crippen LogP) is 1.72. The molecule has 0 bridgehead atoms. The number of likely N-dealkylation sites (N-methyl/N-ethyl adjacent to an activating group) is 1. The second kappa shape index (κ2) is 12.3. The van der Waals surface area contributed by atoms with Crippen LogP contribution >= 0.6 is 0 Å². The number of hydrogen-bond acceptors (Lipinski definition) is 9. The topological polar surface area (TPSA) is 96.2 Å². The fourth-order valence-electron chi connectivity index (χ4n) is 4.75. The Morgan fingerprint density at radius 1 is 1.11 bits per heavy atom. The summed E-state index contributed by atoms with van der Waals surface area (Å²) < 4.78 is 16.2. The van der Waals surface area contributed by atoms with E-state index in [1.807, 2.05) is 18.2 Å². The SMILES string of the molecule is COc1ccc(-c2noc(CN3CCCC(C(=O)NCCCN4CCN(C)CC4)C3)n2)cc1OC. The van der Waals surface area contributed by atoms with Gasteiger partial charge in [0.2, 0.25) is 17.6 Å². The minimum absolute atomic E-state index is 0.000581. The van der Waals surface area contributed by atoms with E-state index in [-0.39, 0.29) is 11.8 Å². The molecule has 1 N–H and O–H groups in total. The van der Waals surface area contributed by atoms with Gasteiger partial charge in [0.1, 0.15) is 0 Å². The number of likely N-dealkylation sites (tertiary alicyclic amines) is 1. The lowest BCUT2D eigenvalue weighted by Gasteiger charge is -2.32. The summed E-state index contributed by atoms with van der Waals surface area (Å²) in [7, 11) is 5.37. The molecule has 10 nitrogen and oxygen atoms in total. The lowest BCUT2D eigenvalue weighted by atomic mass is 9.97. The van der Waals surface area contributed by atoms with Crippen molar-refractivity contribution in [3.8, 4) is 22.9 Å². The van der Waals surface area contributed by atoms with E-state index in [2.05, 4.69) is 37.2 Å². The molecule has 2 fully saturated rings. The largest absolute Gasteiger partial charge is 0.493 e. The highest BCUT2D eigenvalue weighted by atomic mass is 16.5. The highest BCUT2D eigenvalue weighted by molar-refractivity contribution is 5.78. The third-order valence-electron chi connectivity index (χ3n) is 6.89. The van der Waals surface area contributed by atoms with Crippen LogP contribution in [0.4, 0.5) is 0 Å². The number of hydrogen-bond donors (Lipinski definition) is 1. The van der Waals surface area contributed by atoms with Gasteiger partial charge >= 0.3 is 0 Å². The summed E-state index contributed by atoms with van der Waals surface area (Å²) in [6.07, 6.45) is 2.89. The zero-order valence-corrected chi connectivity index (χ0v) is 21.2. The first-order chi connectivity index (χ1) is 17.1. The van der Waals surface area contributed by atoms with E-state index in [1.165, 1.54) is 0 Å². The summed E-state index contributed by atoms with van der Waals surface area (Å²) >= 11 is 0. The molecule has 2 saturated heterocycles. The summed E-state index contributed by atoms with van der Waals surface area (Å²) in [4.78, 5) is 24.4. The van der Waals surface area contributed by atoms with E-state index >= 15 is 0 Å². The van der Waals surface area contributed by atoms with Crippen LogP contribution in [0.2, 0.25) is 0 Å². The average molecular weight is 487 g/mol. The normalized spacial score (nSPS) is 20.0. The smallest absolute Gasteiger partial charge is 0.241 e. The van der Waals surface area contributed by atoms with E-state index in [0.29, 0.717) is 36.3 Å². The first-order valence-corrected chi connectivity index (χ1v) is 12.5. The monoisotopic (exact) mass is 486 g/mol. The van der Waals surface area contributed by atoms with Gasteiger partial charge in [0.15, 0.2) is 11.5 Å². The highest BCUT2D eigenvalue weighted by Crippen LogP contribution is 2.31. The minimum atomic E-state index is 0.000581. The van der Waals surface area contributed by atoms with E-state index in [4.69, 9.17) is 14.0 Å². The van der Waals surface area contributed by atoms with Crippen LogP contribution < -0.4 is 14.8 Å². The Kier molecular flexibility index (Phi) is 8.95. The van der Waals surface area contributed by atoms with Crippen molar-refractivity contribution in [1.82, 2.24) is 30.2 Å². The van der Waals surface area contributed by atoms with Crippen molar-refractivity contribution in [2.75, 3.05) is 73.6 Å². The van der Waals surface area contributed by atoms with Crippen molar-refractivity contribution < 1.29 is 18.8 Å². The van der Waals surface area contributed by atoms with Gasteiger partial charge in [0, 0.05) is 44.8 Å². The second-order valence-corrected chi connectivity index (χ2v) is 9.45. The van der Waals surface area contributed by atoms with Gasteiger partial charge in [-0.3, -0.25) is 9.69 Å². The van der Waals surface area contributed by atoms with Crippen LogP contribution in [-0.4, -0.2) is 104 Å². The Labute approximate surface area is 207 Å². The maximum absolute atomic E-state index is 12.8. The number of amides is 1. The van der Waals surface area contributed by atoms with Crippen molar-refractivity contribution in [2.45, 2.75) is 25.8 Å². The molecule has 0 radical (unpaired) electrons. The number of aromatic nitrogens is 2. The minimum Gasteiger partial charge on any atom is -0.493 e. The van der Waals surface area contributed by atoms with Gasteiger partial charge in [0.05, 0.1) is 26.7 Å². The summed E-state index contributed by atoms with van der Waals surface area (Å²) in [5, 5.41) is 7.29. The number of rotatable bonds is 10. The van der Waals surface area contributed by atoms with Crippen LogP contribution in [-0.2, 0) is 11.3 Å². The number of carbonyl (C=O) groups excluding carboxylic acids is 1. The van der Waals surface area contributed by atoms with E-state index in [0.717, 1.165) is 70.6 Å². The molecule has 4 rings (SSSR count). The summed E-state index contributed by atoms with van der Waals surface area (Å²) in [5.41, 5.74) is 0.796. The van der Waals surface area contributed by atoms with Crippen molar-refractivity contribution in [2.24, 2.45) is 5.92 Å². The Bertz CT molecular complexity index is 959. The Balaban J connectivity index is 1.23. The van der Waals surface area contributed by atoms with Crippen LogP contribution in [0.5, 0.6) is 11.5 Å². The van der Waals surface area contributed by atoms with Gasteiger partial charge in [0.25, 0.3) is 0 Å². The van der Waals surface area contributed by atoms with Crippen molar-refractivity contribution in [3.63, 3.8) is 0 Å². The van der Waals surface area contributed by atoms with Gasteiger partial charge in [-0.2, -0.15) is 4.98 Å². The number of piperidine rings is 1. The number of piperazine rings is 1. The van der Waals surface area contributed by atoms with Crippen LogP contribution in [0.1, 0.15) is 25.2 Å². The third-order valence-corrected chi connectivity index (χ3v) is 6.89. The molecule has 2 aliphatic heterocycles. The van der Waals surface area contributed by atoms with E-state index in [1.54, 1.807) is 14.2 Å². The maximum Gasteiger partial charge on any atom is 0.241 e. The molecule has 1 unspecified atom stereocenters. The van der Waals surface area contributed by atoms with Gasteiger partial charge < -0.3 is 29.1 Å². The zero-order chi connectivity index (χ0) is 24.6. The van der Waals surface area contributed by atoms with Gasteiger partial charge in [-0.1, -0.05) is 5.16 Å². The van der Waals surface area contributed by atoms with Gasteiger partial charge in [-0.25, -0.2) is 0 Å². The number of carbonyl (C=O) groups is 1. The summed E-state index contributed by atoms with van der Waals surface area (Å²) in [5.74, 6) is 2.47. The Hall–Kier alpha value is -2.69. The van der Waals surface area contributed by atoms with Crippen molar-refractivity contribution >= 4 is 5.91 Å². The van der Waals surface area contributed by atoms with E-state index < -0.39 is 0 Å². The quantitative estimate of drug-likeness (QED) is 0.504. The molecule has 0 saturated carbocycles. The predicted molar refractivity (Wildman–Crippen MR) is 132 cm³/mol. The molecule has 0 aliphatic carbocycles. The molecule has 1 aromatic heterocycles. The van der Waals surface area contributed by atoms with Crippen molar-refractivity contribution in [3.05, 3.63) is 24.1 Å². The fourth-order valence-corrected chi connectivity index (χ4v) is 4.75. The fraction of sp³-hybridized carbons (Fsp3) is 0.640. The Morgan fingerprint density at radius 3 is 2.69 bits per heavy atom. The number of nitrogens with zero attached hydrogens (tertiary/aromatic N) is 5. The Morgan fingerprint density at radius 2 is 1.91 bits per heavy atom. The lowest BCUT2D eigenvalue weighted by Crippen LogP contribution is -2.45. The number of nitrogens with one attached hydrogen (secondary N) is 1. The highest BCUT2D eigenvalue weighted by Gasteiger charge is 2.27. The maximum atomic E-state index is 12.8. The molecule has 10 heteroatoms. The number of ether oxygens (including phenoxy) is 2. The molecule has 1 amide bonds. The molecular weight excluding hydrogens is 448 g/mol. The standard InChI is InChI=1S/C25H38N6O4/c1-29-12-14-30(15-13-29)11-5-9-26-25(32)20-6-4-10-31(17-20)18-23-27-24(28-35-23)19-7-8-21(33-2)22(16-19)34-3/h7-8,16,20H,4-6,9-15,17-18H2,1-3H3,(H,26,32). The van der Waals surface area contributed by atoms with Crippen molar-refractivity contribution in [1.29, 1.82) is 0 Å². The van der Waals surface area contributed by atoms with E-state index in [9.17, 15) is 4.79 Å². The molecule has 35 heavy (non-hydrogen) atoms. The van der Waals surface area contributed by atoms with Gasteiger partial charge in [-0.15, -0.1) is 0 Å². The zero-order valence-electron chi connectivity index (χ0n) is 21.2. The number of benzene rings is 1. The molecule has 2 aromatic rings. The molecule has 1 aromatic carbocycles.